The van der Waals surface area contributed by atoms with Crippen LogP contribution in [0.25, 0.3) is 11.1 Å². The van der Waals surface area contributed by atoms with E-state index in [-0.39, 0.29) is 5.95 Å². The second kappa shape index (κ2) is 3.87. The van der Waals surface area contributed by atoms with Crippen LogP contribution in [0.2, 0.25) is 0 Å². The molecule has 1 heterocycles. The van der Waals surface area contributed by atoms with Gasteiger partial charge in [0, 0.05) is 17.2 Å². The molecule has 0 aliphatic heterocycles. The van der Waals surface area contributed by atoms with Crippen LogP contribution in [0, 0.1) is 0 Å². The molecule has 0 spiro atoms. The highest BCUT2D eigenvalue weighted by atomic mass is 15.0. The Labute approximate surface area is 105 Å². The summed E-state index contributed by atoms with van der Waals surface area (Å²) in [6, 6.07) is 7.57. The van der Waals surface area contributed by atoms with Gasteiger partial charge in [0.25, 0.3) is 0 Å². The van der Waals surface area contributed by atoms with Crippen molar-refractivity contribution in [3.63, 3.8) is 0 Å². The van der Waals surface area contributed by atoms with Crippen LogP contribution in [0.15, 0.2) is 24.3 Å². The molecule has 0 unspecified atom stereocenters. The normalized spacial score (nSPS) is 14.7. The number of nitrogen functional groups attached to an aromatic ring is 3. The van der Waals surface area contributed by atoms with Crippen LogP contribution >= 0.6 is 0 Å². The molecule has 1 aliphatic carbocycles. The number of nitrogens with two attached hydrogens (primary N) is 3. The summed E-state index contributed by atoms with van der Waals surface area (Å²) >= 11 is 0. The summed E-state index contributed by atoms with van der Waals surface area (Å²) in [5.74, 6) is 1.15. The zero-order chi connectivity index (χ0) is 12.7. The van der Waals surface area contributed by atoms with E-state index in [1.807, 2.05) is 24.3 Å². The minimum atomic E-state index is 0.244. The molecule has 3 rings (SSSR count). The average molecular weight is 241 g/mol. The predicted molar refractivity (Wildman–Crippen MR) is 72.7 cm³/mol. The average Bonchev–Trinajstić information content (AvgIpc) is 3.14. The molecule has 0 bridgehead atoms. The molecule has 5 nitrogen and oxygen atoms in total. The third-order valence-electron chi connectivity index (χ3n) is 3.15. The molecule has 1 fully saturated rings. The lowest BCUT2D eigenvalue weighted by atomic mass is 10.0. The van der Waals surface area contributed by atoms with Gasteiger partial charge >= 0.3 is 0 Å². The number of nitrogens with zero attached hydrogens (tertiary/aromatic N) is 2. The summed E-state index contributed by atoms with van der Waals surface area (Å²) in [6.45, 7) is 0. The summed E-state index contributed by atoms with van der Waals surface area (Å²) in [5, 5.41) is 0. The van der Waals surface area contributed by atoms with Gasteiger partial charge in [0.05, 0.1) is 5.69 Å². The summed E-state index contributed by atoms with van der Waals surface area (Å²) in [6.07, 6.45) is 2.27. The second-order valence-corrected chi connectivity index (χ2v) is 4.62. The molecule has 18 heavy (non-hydrogen) atoms. The van der Waals surface area contributed by atoms with Crippen molar-refractivity contribution in [1.29, 1.82) is 0 Å². The maximum atomic E-state index is 6.00. The minimum absolute atomic E-state index is 0.244. The van der Waals surface area contributed by atoms with Crippen LogP contribution in [0.3, 0.4) is 0 Å². The van der Waals surface area contributed by atoms with Crippen molar-refractivity contribution in [2.45, 2.75) is 18.8 Å². The number of rotatable bonds is 2. The van der Waals surface area contributed by atoms with Crippen LogP contribution in [-0.4, -0.2) is 9.97 Å². The van der Waals surface area contributed by atoms with Crippen molar-refractivity contribution >= 4 is 17.5 Å². The highest BCUT2D eigenvalue weighted by Gasteiger charge is 2.30. The zero-order valence-corrected chi connectivity index (χ0v) is 9.93. The van der Waals surface area contributed by atoms with E-state index in [0.29, 0.717) is 11.7 Å². The Morgan fingerprint density at radius 3 is 2.22 bits per heavy atom. The first-order valence-electron chi connectivity index (χ1n) is 5.94. The van der Waals surface area contributed by atoms with E-state index >= 15 is 0 Å². The SMILES string of the molecule is Nc1ccc(-c2c(N)nc(N)nc2C2CC2)cc1. The summed E-state index contributed by atoms with van der Waals surface area (Å²) in [7, 11) is 0. The lowest BCUT2D eigenvalue weighted by Gasteiger charge is -2.11. The second-order valence-electron chi connectivity index (χ2n) is 4.62. The maximum absolute atomic E-state index is 6.00. The molecule has 5 heteroatoms. The van der Waals surface area contributed by atoms with Crippen LogP contribution in [0.1, 0.15) is 24.5 Å². The van der Waals surface area contributed by atoms with E-state index in [1.165, 1.54) is 0 Å². The number of benzene rings is 1. The molecule has 0 saturated heterocycles. The Bertz CT molecular complexity index is 587. The van der Waals surface area contributed by atoms with Gasteiger partial charge in [-0.3, -0.25) is 0 Å². The van der Waals surface area contributed by atoms with Crippen molar-refractivity contribution in [2.24, 2.45) is 0 Å². The highest BCUT2D eigenvalue weighted by molar-refractivity contribution is 5.78. The lowest BCUT2D eigenvalue weighted by Crippen LogP contribution is -2.06. The van der Waals surface area contributed by atoms with Crippen molar-refractivity contribution in [1.82, 2.24) is 9.97 Å². The van der Waals surface area contributed by atoms with Gasteiger partial charge in [-0.05, 0) is 30.5 Å². The van der Waals surface area contributed by atoms with Crippen molar-refractivity contribution in [3.05, 3.63) is 30.0 Å². The molecule has 1 aromatic carbocycles. The molecular formula is C13H15N5. The van der Waals surface area contributed by atoms with Gasteiger partial charge < -0.3 is 17.2 Å². The molecule has 1 aliphatic rings. The van der Waals surface area contributed by atoms with Gasteiger partial charge in [-0.15, -0.1) is 0 Å². The molecule has 2 aromatic rings. The van der Waals surface area contributed by atoms with Gasteiger partial charge in [0.15, 0.2) is 0 Å². The summed E-state index contributed by atoms with van der Waals surface area (Å²) in [5.41, 5.74) is 20.9. The van der Waals surface area contributed by atoms with Crippen molar-refractivity contribution in [2.75, 3.05) is 17.2 Å². The van der Waals surface area contributed by atoms with Gasteiger partial charge in [0.2, 0.25) is 5.95 Å². The first kappa shape index (κ1) is 10.8. The van der Waals surface area contributed by atoms with E-state index < -0.39 is 0 Å². The molecule has 1 saturated carbocycles. The van der Waals surface area contributed by atoms with Crippen LogP contribution in [-0.2, 0) is 0 Å². The van der Waals surface area contributed by atoms with Gasteiger partial charge in [-0.1, -0.05) is 12.1 Å². The summed E-state index contributed by atoms with van der Waals surface area (Å²) < 4.78 is 0. The number of anilines is 3. The summed E-state index contributed by atoms with van der Waals surface area (Å²) in [4.78, 5) is 8.41. The van der Waals surface area contributed by atoms with Crippen LogP contribution in [0.5, 0.6) is 0 Å². The molecule has 0 amide bonds. The largest absolute Gasteiger partial charge is 0.399 e. The highest BCUT2D eigenvalue weighted by Crippen LogP contribution is 2.45. The fraction of sp³-hybridized carbons (Fsp3) is 0.231. The molecule has 6 N–H and O–H groups in total. The fourth-order valence-electron chi connectivity index (χ4n) is 2.11. The Morgan fingerprint density at radius 2 is 1.61 bits per heavy atom. The number of hydrogen-bond acceptors (Lipinski definition) is 5. The van der Waals surface area contributed by atoms with Crippen LogP contribution < -0.4 is 17.2 Å². The van der Waals surface area contributed by atoms with Crippen molar-refractivity contribution in [3.8, 4) is 11.1 Å². The topological polar surface area (TPSA) is 104 Å². The van der Waals surface area contributed by atoms with Crippen LogP contribution in [0.4, 0.5) is 17.5 Å². The quantitative estimate of drug-likeness (QED) is 0.695. The fourth-order valence-corrected chi connectivity index (χ4v) is 2.11. The number of hydrogen-bond donors (Lipinski definition) is 3. The Kier molecular flexibility index (Phi) is 2.33. The molecule has 0 atom stereocenters. The Balaban J connectivity index is 2.18. The van der Waals surface area contributed by atoms with E-state index in [2.05, 4.69) is 9.97 Å². The molecule has 0 radical (unpaired) electrons. The zero-order valence-electron chi connectivity index (χ0n) is 9.93. The third kappa shape index (κ3) is 1.84. The van der Waals surface area contributed by atoms with Gasteiger partial charge in [-0.2, -0.15) is 4.98 Å². The van der Waals surface area contributed by atoms with Gasteiger partial charge in [0.1, 0.15) is 5.82 Å². The predicted octanol–water partition coefficient (Wildman–Crippen LogP) is 1.77. The monoisotopic (exact) mass is 241 g/mol. The maximum Gasteiger partial charge on any atom is 0.222 e. The van der Waals surface area contributed by atoms with E-state index in [0.717, 1.165) is 35.3 Å². The van der Waals surface area contributed by atoms with E-state index in [9.17, 15) is 0 Å². The van der Waals surface area contributed by atoms with Gasteiger partial charge in [-0.25, -0.2) is 4.98 Å². The first-order chi connectivity index (χ1) is 8.65. The number of aromatic nitrogens is 2. The Morgan fingerprint density at radius 1 is 0.944 bits per heavy atom. The van der Waals surface area contributed by atoms with Crippen molar-refractivity contribution < 1.29 is 0 Å². The molecular weight excluding hydrogens is 226 g/mol. The standard InChI is InChI=1S/C13H15N5/c14-9-5-3-7(4-6-9)10-11(8-1-2-8)17-13(16)18-12(10)15/h3-6,8H,1-2,14H2,(H4,15,16,17,18). The molecule has 92 valence electrons. The lowest BCUT2D eigenvalue weighted by molar-refractivity contribution is 1.01. The smallest absolute Gasteiger partial charge is 0.222 e. The molecule has 1 aromatic heterocycles. The first-order valence-corrected chi connectivity index (χ1v) is 5.94. The van der Waals surface area contributed by atoms with E-state index in [4.69, 9.17) is 17.2 Å². The Hall–Kier alpha value is -2.30. The minimum Gasteiger partial charge on any atom is -0.399 e. The van der Waals surface area contributed by atoms with E-state index in [1.54, 1.807) is 0 Å². The third-order valence-corrected chi connectivity index (χ3v) is 3.15.